The minimum atomic E-state index is -0.00451. The van der Waals surface area contributed by atoms with Gasteiger partial charge in [-0.3, -0.25) is 0 Å². The lowest BCUT2D eigenvalue weighted by molar-refractivity contribution is 0.0556. The molecule has 0 saturated carbocycles. The molecule has 1 aromatic carbocycles. The minimum absolute atomic E-state index is 0.00255. The van der Waals surface area contributed by atoms with Crippen molar-refractivity contribution in [2.75, 3.05) is 6.54 Å². The van der Waals surface area contributed by atoms with E-state index >= 15 is 0 Å². The topological polar surface area (TPSA) is 52.5 Å². The van der Waals surface area contributed by atoms with Crippen LogP contribution in [0.15, 0.2) is 12.1 Å². The summed E-state index contributed by atoms with van der Waals surface area (Å²) in [7, 11) is 0. The molecule has 3 nitrogen and oxygen atoms in total. The first-order chi connectivity index (χ1) is 8.36. The van der Waals surface area contributed by atoms with Crippen LogP contribution in [0.25, 0.3) is 0 Å². The molecule has 2 atom stereocenters. The Morgan fingerprint density at radius 1 is 1.17 bits per heavy atom. The zero-order valence-corrected chi connectivity index (χ0v) is 11.2. The molecule has 0 amide bonds. The molecule has 3 N–H and O–H groups in total. The number of hydrogen-bond donors (Lipinski definition) is 3. The van der Waals surface area contributed by atoms with Crippen molar-refractivity contribution in [2.45, 2.75) is 45.1 Å². The Hall–Kier alpha value is -1.22. The van der Waals surface area contributed by atoms with E-state index < -0.39 is 0 Å². The molecule has 2 unspecified atom stereocenters. The fourth-order valence-electron chi connectivity index (χ4n) is 3.79. The fraction of sp³-hybridized carbons (Fsp3) is 0.600. The average Bonchev–Trinajstić information content (AvgIpc) is 2.27. The summed E-state index contributed by atoms with van der Waals surface area (Å²) in [5.41, 5.74) is 2.59. The molecular formula is C15H21NO2. The van der Waals surface area contributed by atoms with Gasteiger partial charge in [-0.05, 0) is 48.1 Å². The number of nitrogens with one attached hydrogen (secondary N) is 1. The van der Waals surface area contributed by atoms with Gasteiger partial charge in [0.2, 0.25) is 0 Å². The second-order valence-corrected chi connectivity index (χ2v) is 6.51. The summed E-state index contributed by atoms with van der Waals surface area (Å²) in [5, 5.41) is 23.1. The molecule has 1 heterocycles. The van der Waals surface area contributed by atoms with Crippen LogP contribution in [0.1, 0.15) is 38.3 Å². The molecule has 1 aromatic rings. The maximum atomic E-state index is 9.79. The van der Waals surface area contributed by atoms with Crippen molar-refractivity contribution in [3.8, 4) is 11.5 Å². The van der Waals surface area contributed by atoms with Crippen molar-refractivity contribution < 1.29 is 10.2 Å². The lowest BCUT2D eigenvalue weighted by Gasteiger charge is -2.57. The van der Waals surface area contributed by atoms with E-state index in [0.717, 1.165) is 19.4 Å². The minimum Gasteiger partial charge on any atom is -0.504 e. The third kappa shape index (κ3) is 1.28. The number of rotatable bonds is 0. The highest BCUT2D eigenvalue weighted by atomic mass is 16.3. The van der Waals surface area contributed by atoms with Crippen molar-refractivity contribution >= 4 is 0 Å². The molecule has 2 bridgehead atoms. The van der Waals surface area contributed by atoms with Gasteiger partial charge in [-0.15, -0.1) is 0 Å². The van der Waals surface area contributed by atoms with E-state index in [1.165, 1.54) is 11.1 Å². The van der Waals surface area contributed by atoms with E-state index in [-0.39, 0.29) is 22.3 Å². The highest BCUT2D eigenvalue weighted by molar-refractivity contribution is 5.51. The summed E-state index contributed by atoms with van der Waals surface area (Å²) in [6.45, 7) is 7.91. The molecule has 1 aliphatic heterocycles. The normalized spacial score (nSPS) is 32.9. The van der Waals surface area contributed by atoms with E-state index in [1.54, 1.807) is 12.1 Å². The van der Waals surface area contributed by atoms with Crippen LogP contribution in [0, 0.1) is 5.41 Å². The molecule has 1 fully saturated rings. The number of piperidine rings is 1. The number of phenolic OH excluding ortho intramolecular Hbond substituents is 2. The lowest BCUT2D eigenvalue weighted by atomic mass is 9.51. The monoisotopic (exact) mass is 247 g/mol. The van der Waals surface area contributed by atoms with E-state index in [4.69, 9.17) is 0 Å². The van der Waals surface area contributed by atoms with Crippen molar-refractivity contribution in [2.24, 2.45) is 5.41 Å². The predicted molar refractivity (Wildman–Crippen MR) is 71.0 cm³/mol. The molecule has 98 valence electrons. The number of benzene rings is 1. The first-order valence-corrected chi connectivity index (χ1v) is 6.65. The van der Waals surface area contributed by atoms with Gasteiger partial charge in [-0.25, -0.2) is 0 Å². The van der Waals surface area contributed by atoms with Gasteiger partial charge in [0.25, 0.3) is 0 Å². The lowest BCUT2D eigenvalue weighted by Crippen LogP contribution is -2.62. The largest absolute Gasteiger partial charge is 0.504 e. The molecule has 18 heavy (non-hydrogen) atoms. The van der Waals surface area contributed by atoms with Gasteiger partial charge in [0.15, 0.2) is 11.5 Å². The van der Waals surface area contributed by atoms with Crippen LogP contribution in [-0.4, -0.2) is 22.8 Å². The fourth-order valence-corrected chi connectivity index (χ4v) is 3.79. The number of hydrogen-bond acceptors (Lipinski definition) is 3. The van der Waals surface area contributed by atoms with Crippen molar-refractivity contribution in [1.29, 1.82) is 0 Å². The highest BCUT2D eigenvalue weighted by Gasteiger charge is 2.53. The molecule has 0 radical (unpaired) electrons. The predicted octanol–water partition coefficient (Wildman–Crippen LogP) is 2.30. The van der Waals surface area contributed by atoms with Crippen LogP contribution in [0.4, 0.5) is 0 Å². The smallest absolute Gasteiger partial charge is 0.157 e. The van der Waals surface area contributed by atoms with E-state index in [1.807, 2.05) is 0 Å². The molecule has 0 aromatic heterocycles. The molecule has 1 saturated heterocycles. The van der Waals surface area contributed by atoms with Crippen LogP contribution in [0.2, 0.25) is 0 Å². The maximum Gasteiger partial charge on any atom is 0.157 e. The summed E-state index contributed by atoms with van der Waals surface area (Å²) in [6, 6.07) is 3.94. The Labute approximate surface area is 108 Å². The Bertz CT molecular complexity index is 509. The van der Waals surface area contributed by atoms with Crippen molar-refractivity contribution in [3.05, 3.63) is 23.3 Å². The molecule has 3 rings (SSSR count). The summed E-state index contributed by atoms with van der Waals surface area (Å²) in [4.78, 5) is 0. The zero-order valence-electron chi connectivity index (χ0n) is 11.2. The van der Waals surface area contributed by atoms with Gasteiger partial charge >= 0.3 is 0 Å². The first-order valence-electron chi connectivity index (χ1n) is 6.65. The van der Waals surface area contributed by atoms with E-state index in [9.17, 15) is 10.2 Å². The summed E-state index contributed by atoms with van der Waals surface area (Å²) in [6.07, 6.45) is 1.99. The molecule has 0 spiro atoms. The van der Waals surface area contributed by atoms with Gasteiger partial charge < -0.3 is 15.5 Å². The van der Waals surface area contributed by atoms with Crippen LogP contribution in [-0.2, 0) is 11.8 Å². The van der Waals surface area contributed by atoms with Gasteiger partial charge in [0.05, 0.1) is 0 Å². The maximum absolute atomic E-state index is 9.79. The first kappa shape index (κ1) is 11.8. The van der Waals surface area contributed by atoms with Gasteiger partial charge in [0, 0.05) is 11.5 Å². The standard InChI is InChI=1S/C15H21NO2/c1-14(2)13-7-9-6-11(17)12(18)8-10(9)15(14,3)4-5-16-13/h6,8,13,16-18H,4-5,7H2,1-3H3. The second kappa shape index (κ2) is 3.41. The summed E-state index contributed by atoms with van der Waals surface area (Å²) >= 11 is 0. The van der Waals surface area contributed by atoms with E-state index in [0.29, 0.717) is 6.04 Å². The van der Waals surface area contributed by atoms with Crippen molar-refractivity contribution in [3.63, 3.8) is 0 Å². The van der Waals surface area contributed by atoms with Crippen molar-refractivity contribution in [1.82, 2.24) is 5.32 Å². The van der Waals surface area contributed by atoms with E-state index in [2.05, 4.69) is 26.1 Å². The quantitative estimate of drug-likeness (QED) is 0.617. The average molecular weight is 247 g/mol. The second-order valence-electron chi connectivity index (χ2n) is 6.51. The Balaban J connectivity index is 2.24. The van der Waals surface area contributed by atoms with Crippen LogP contribution in [0.5, 0.6) is 11.5 Å². The third-order valence-corrected chi connectivity index (χ3v) is 5.53. The Morgan fingerprint density at radius 2 is 1.83 bits per heavy atom. The van der Waals surface area contributed by atoms with Crippen LogP contribution in [0.3, 0.4) is 0 Å². The number of fused-ring (bicyclic) bond motifs is 4. The molecular weight excluding hydrogens is 226 g/mol. The van der Waals surface area contributed by atoms with Gasteiger partial charge in [0.1, 0.15) is 0 Å². The highest BCUT2D eigenvalue weighted by Crippen LogP contribution is 2.54. The van der Waals surface area contributed by atoms with Gasteiger partial charge in [-0.1, -0.05) is 20.8 Å². The molecule has 2 aliphatic rings. The zero-order chi connectivity index (χ0) is 13.1. The summed E-state index contributed by atoms with van der Waals surface area (Å²) in [5.74, 6) is -0.00196. The molecule has 3 heteroatoms. The number of aromatic hydroxyl groups is 2. The number of phenols is 2. The van der Waals surface area contributed by atoms with Crippen LogP contribution < -0.4 is 5.32 Å². The van der Waals surface area contributed by atoms with Crippen LogP contribution >= 0.6 is 0 Å². The SMILES string of the molecule is CC12CCNC(Cc3cc(O)c(O)cc31)C2(C)C. The molecule has 1 aliphatic carbocycles. The summed E-state index contributed by atoms with van der Waals surface area (Å²) < 4.78 is 0. The Morgan fingerprint density at radius 3 is 2.56 bits per heavy atom. The van der Waals surface area contributed by atoms with Gasteiger partial charge in [-0.2, -0.15) is 0 Å². The Kier molecular flexibility index (Phi) is 2.25. The third-order valence-electron chi connectivity index (χ3n) is 5.53.